The van der Waals surface area contributed by atoms with Crippen LogP contribution in [0.5, 0.6) is 5.75 Å². The Morgan fingerprint density at radius 3 is 2.68 bits per heavy atom. The van der Waals surface area contributed by atoms with Crippen LogP contribution < -0.4 is 9.64 Å². The van der Waals surface area contributed by atoms with E-state index in [1.54, 1.807) is 25.2 Å². The molecule has 1 unspecified atom stereocenters. The normalized spacial score (nSPS) is 15.5. The number of rotatable bonds is 6. The lowest BCUT2D eigenvalue weighted by molar-refractivity contribution is -0.147. The first-order chi connectivity index (χ1) is 15.0. The SMILES string of the molecule is CCC1Oc2ccc(-c3csc(-c4ccccc4)n3)cc2N(CC(=O)OC(C)C)C1=O. The number of carbonyl (C=O) groups excluding carboxylic acids is 2. The molecule has 7 heteroatoms. The third-order valence-electron chi connectivity index (χ3n) is 4.91. The van der Waals surface area contributed by atoms with Crippen LogP contribution in [0.1, 0.15) is 27.2 Å². The maximum Gasteiger partial charge on any atom is 0.326 e. The second-order valence-electron chi connectivity index (χ2n) is 7.56. The molecule has 0 aliphatic carbocycles. The zero-order chi connectivity index (χ0) is 22.0. The zero-order valence-electron chi connectivity index (χ0n) is 17.7. The lowest BCUT2D eigenvalue weighted by Gasteiger charge is -2.33. The van der Waals surface area contributed by atoms with Gasteiger partial charge in [0.05, 0.1) is 17.5 Å². The fraction of sp³-hybridized carbons (Fsp3) is 0.292. The Bertz CT molecular complexity index is 1090. The minimum Gasteiger partial charge on any atom is -0.478 e. The highest BCUT2D eigenvalue weighted by Crippen LogP contribution is 2.39. The molecule has 3 aromatic rings. The van der Waals surface area contributed by atoms with Crippen LogP contribution in [-0.2, 0) is 14.3 Å². The first-order valence-electron chi connectivity index (χ1n) is 10.3. The van der Waals surface area contributed by atoms with Crippen LogP contribution in [0.2, 0.25) is 0 Å². The minimum absolute atomic E-state index is 0.153. The molecule has 0 N–H and O–H groups in total. The van der Waals surface area contributed by atoms with Gasteiger partial charge in [-0.15, -0.1) is 11.3 Å². The smallest absolute Gasteiger partial charge is 0.326 e. The van der Waals surface area contributed by atoms with Crippen LogP contribution in [0.3, 0.4) is 0 Å². The molecule has 0 fully saturated rings. The summed E-state index contributed by atoms with van der Waals surface area (Å²) in [7, 11) is 0. The number of hydrogen-bond donors (Lipinski definition) is 0. The van der Waals surface area contributed by atoms with Gasteiger partial charge in [0.1, 0.15) is 17.3 Å². The van der Waals surface area contributed by atoms with Crippen LogP contribution in [0, 0.1) is 0 Å². The van der Waals surface area contributed by atoms with Crippen LogP contribution in [0.15, 0.2) is 53.9 Å². The van der Waals surface area contributed by atoms with E-state index < -0.39 is 12.1 Å². The Kier molecular flexibility index (Phi) is 6.04. The molecule has 6 nitrogen and oxygen atoms in total. The molecular formula is C24H24N2O4S. The summed E-state index contributed by atoms with van der Waals surface area (Å²) >= 11 is 1.56. The number of fused-ring (bicyclic) bond motifs is 1. The molecule has 4 rings (SSSR count). The number of nitrogens with zero attached hydrogens (tertiary/aromatic N) is 2. The van der Waals surface area contributed by atoms with Gasteiger partial charge >= 0.3 is 5.97 Å². The maximum absolute atomic E-state index is 13.0. The van der Waals surface area contributed by atoms with Gasteiger partial charge in [-0.2, -0.15) is 0 Å². The molecule has 0 saturated carbocycles. The lowest BCUT2D eigenvalue weighted by Crippen LogP contribution is -2.48. The van der Waals surface area contributed by atoms with E-state index in [-0.39, 0.29) is 18.6 Å². The number of carbonyl (C=O) groups is 2. The molecule has 2 aromatic carbocycles. The van der Waals surface area contributed by atoms with E-state index in [2.05, 4.69) is 0 Å². The van der Waals surface area contributed by atoms with Crippen molar-refractivity contribution >= 4 is 28.9 Å². The number of hydrogen-bond acceptors (Lipinski definition) is 6. The van der Waals surface area contributed by atoms with E-state index in [0.717, 1.165) is 21.8 Å². The van der Waals surface area contributed by atoms with Gasteiger partial charge in [0, 0.05) is 16.5 Å². The number of amides is 1. The van der Waals surface area contributed by atoms with E-state index >= 15 is 0 Å². The summed E-state index contributed by atoms with van der Waals surface area (Å²) in [6.07, 6.45) is -0.348. The topological polar surface area (TPSA) is 68.7 Å². The van der Waals surface area contributed by atoms with Gasteiger partial charge in [-0.3, -0.25) is 14.5 Å². The second-order valence-corrected chi connectivity index (χ2v) is 8.42. The van der Waals surface area contributed by atoms with Crippen molar-refractivity contribution < 1.29 is 19.1 Å². The van der Waals surface area contributed by atoms with Crippen molar-refractivity contribution in [2.24, 2.45) is 0 Å². The summed E-state index contributed by atoms with van der Waals surface area (Å²) in [4.78, 5) is 31.5. The van der Waals surface area contributed by atoms with Crippen LogP contribution in [-0.4, -0.2) is 35.6 Å². The Labute approximate surface area is 185 Å². The summed E-state index contributed by atoms with van der Waals surface area (Å²) in [5.41, 5.74) is 3.27. The van der Waals surface area contributed by atoms with Crippen molar-refractivity contribution in [2.45, 2.75) is 39.4 Å². The highest BCUT2D eigenvalue weighted by Gasteiger charge is 2.35. The van der Waals surface area contributed by atoms with Gasteiger partial charge in [0.25, 0.3) is 5.91 Å². The van der Waals surface area contributed by atoms with E-state index in [9.17, 15) is 9.59 Å². The summed E-state index contributed by atoms with van der Waals surface area (Å²) in [6, 6.07) is 15.6. The Balaban J connectivity index is 1.68. The van der Waals surface area contributed by atoms with Gasteiger partial charge in [-0.25, -0.2) is 4.98 Å². The first kappa shape index (κ1) is 21.1. The van der Waals surface area contributed by atoms with Gasteiger partial charge in [0.2, 0.25) is 0 Å². The molecule has 2 heterocycles. The molecule has 0 bridgehead atoms. The number of thiazole rings is 1. The van der Waals surface area contributed by atoms with Gasteiger partial charge < -0.3 is 9.47 Å². The molecule has 31 heavy (non-hydrogen) atoms. The van der Waals surface area contributed by atoms with Crippen LogP contribution in [0.4, 0.5) is 5.69 Å². The standard InChI is InChI=1S/C24H24N2O4S/c1-4-20-24(28)26(13-22(27)29-15(2)3)19-12-17(10-11-21(19)30-20)18-14-31-23(25-18)16-8-6-5-7-9-16/h5-12,14-15,20H,4,13H2,1-3H3. The molecule has 1 aliphatic rings. The first-order valence-corrected chi connectivity index (χ1v) is 11.2. The second kappa shape index (κ2) is 8.89. The van der Waals surface area contributed by atoms with E-state index in [0.29, 0.717) is 17.9 Å². The van der Waals surface area contributed by atoms with Crippen molar-refractivity contribution in [3.8, 4) is 27.6 Å². The average Bonchev–Trinajstić information content (AvgIpc) is 3.25. The molecule has 1 aliphatic heterocycles. The predicted molar refractivity (Wildman–Crippen MR) is 121 cm³/mol. The highest BCUT2D eigenvalue weighted by molar-refractivity contribution is 7.13. The number of aromatic nitrogens is 1. The maximum atomic E-state index is 13.0. The third kappa shape index (κ3) is 4.46. The molecule has 0 saturated heterocycles. The molecular weight excluding hydrogens is 412 g/mol. The highest BCUT2D eigenvalue weighted by atomic mass is 32.1. The Morgan fingerprint density at radius 1 is 1.19 bits per heavy atom. The summed E-state index contributed by atoms with van der Waals surface area (Å²) in [6.45, 7) is 5.30. The summed E-state index contributed by atoms with van der Waals surface area (Å²) < 4.78 is 11.2. The monoisotopic (exact) mass is 436 g/mol. The van der Waals surface area contributed by atoms with E-state index in [1.807, 2.05) is 60.8 Å². The third-order valence-corrected chi connectivity index (χ3v) is 5.80. The molecule has 160 valence electrons. The van der Waals surface area contributed by atoms with Gasteiger partial charge in [0.15, 0.2) is 6.10 Å². The Morgan fingerprint density at radius 2 is 1.97 bits per heavy atom. The van der Waals surface area contributed by atoms with Crippen molar-refractivity contribution in [2.75, 3.05) is 11.4 Å². The summed E-state index contributed by atoms with van der Waals surface area (Å²) in [5.74, 6) is -0.112. The number of anilines is 1. The van der Waals surface area contributed by atoms with Crippen molar-refractivity contribution in [1.29, 1.82) is 0 Å². The van der Waals surface area contributed by atoms with Crippen LogP contribution >= 0.6 is 11.3 Å². The van der Waals surface area contributed by atoms with Gasteiger partial charge in [-0.05, 0) is 38.5 Å². The van der Waals surface area contributed by atoms with Crippen LogP contribution in [0.25, 0.3) is 21.8 Å². The molecule has 1 atom stereocenters. The fourth-order valence-corrected chi connectivity index (χ4v) is 4.29. The minimum atomic E-state index is -0.617. The van der Waals surface area contributed by atoms with Gasteiger partial charge in [-0.1, -0.05) is 37.3 Å². The fourth-order valence-electron chi connectivity index (χ4n) is 3.45. The predicted octanol–water partition coefficient (Wildman–Crippen LogP) is 4.93. The molecule has 0 radical (unpaired) electrons. The lowest BCUT2D eigenvalue weighted by atomic mass is 10.1. The quantitative estimate of drug-likeness (QED) is 0.513. The number of ether oxygens (including phenoxy) is 2. The molecule has 1 aromatic heterocycles. The van der Waals surface area contributed by atoms with E-state index in [4.69, 9.17) is 14.5 Å². The van der Waals surface area contributed by atoms with Crippen molar-refractivity contribution in [3.05, 3.63) is 53.9 Å². The van der Waals surface area contributed by atoms with Crippen molar-refractivity contribution in [3.63, 3.8) is 0 Å². The zero-order valence-corrected chi connectivity index (χ0v) is 18.5. The number of esters is 1. The van der Waals surface area contributed by atoms with E-state index in [1.165, 1.54) is 4.90 Å². The molecule has 1 amide bonds. The van der Waals surface area contributed by atoms with Crippen molar-refractivity contribution in [1.82, 2.24) is 4.98 Å². The summed E-state index contributed by atoms with van der Waals surface area (Å²) in [5, 5.41) is 2.91. The average molecular weight is 437 g/mol. The number of benzene rings is 2. The largest absolute Gasteiger partial charge is 0.478 e. The Hall–Kier alpha value is -3.19. The molecule has 0 spiro atoms.